The summed E-state index contributed by atoms with van der Waals surface area (Å²) in [6, 6.07) is 15.5. The van der Waals surface area contributed by atoms with Crippen molar-refractivity contribution in [1.29, 1.82) is 0 Å². The number of amides is 1. The van der Waals surface area contributed by atoms with Crippen molar-refractivity contribution in [2.24, 2.45) is 0 Å². The first kappa shape index (κ1) is 22.6. The molecule has 0 unspecified atom stereocenters. The smallest absolute Gasteiger partial charge is 0.255 e. The quantitative estimate of drug-likeness (QED) is 0.356. The van der Waals surface area contributed by atoms with E-state index in [4.69, 9.17) is 4.74 Å². The molecule has 1 amide bonds. The number of nitrogens with one attached hydrogen (secondary N) is 3. The van der Waals surface area contributed by atoms with Crippen molar-refractivity contribution in [3.05, 3.63) is 89.4 Å². The van der Waals surface area contributed by atoms with Gasteiger partial charge in [-0.25, -0.2) is 4.98 Å². The van der Waals surface area contributed by atoms with Gasteiger partial charge >= 0.3 is 0 Å². The van der Waals surface area contributed by atoms with Crippen LogP contribution in [0.5, 0.6) is 5.75 Å². The summed E-state index contributed by atoms with van der Waals surface area (Å²) in [7, 11) is 4.05. The number of fused-ring (bicyclic) bond motifs is 1. The lowest BCUT2D eigenvalue weighted by atomic mass is 10.1. The number of carbonyl (C=O) groups is 1. The van der Waals surface area contributed by atoms with Gasteiger partial charge in [0.05, 0.1) is 12.8 Å². The maximum absolute atomic E-state index is 12.7. The molecule has 0 bridgehead atoms. The summed E-state index contributed by atoms with van der Waals surface area (Å²) >= 11 is 0. The molecule has 0 saturated heterocycles. The van der Waals surface area contributed by atoms with Crippen molar-refractivity contribution in [2.75, 3.05) is 31.3 Å². The number of anilines is 2. The second-order valence-electron chi connectivity index (χ2n) is 8.86. The average molecular weight is 469 g/mol. The van der Waals surface area contributed by atoms with Crippen LogP contribution < -0.4 is 15.4 Å². The molecule has 0 radical (unpaired) electrons. The number of hydrogen-bond donors (Lipinski definition) is 3. The average Bonchev–Trinajstić information content (AvgIpc) is 3.56. The van der Waals surface area contributed by atoms with E-state index in [0.29, 0.717) is 18.7 Å². The molecule has 2 aromatic heterocycles. The third kappa shape index (κ3) is 5.17. The van der Waals surface area contributed by atoms with Crippen molar-refractivity contribution in [3.63, 3.8) is 0 Å². The highest BCUT2D eigenvalue weighted by Gasteiger charge is 2.22. The Hall–Kier alpha value is -4.17. The van der Waals surface area contributed by atoms with Crippen LogP contribution in [0.2, 0.25) is 0 Å². The minimum atomic E-state index is -0.127. The first-order chi connectivity index (χ1) is 17.1. The standard InChI is InChI=1S/C27H28N6O2/c1-33(2)17-18-6-8-20(9-7-18)27(34)32-22-5-3-4-19(12-22)13-28-26-23-10-11-35-25(23)24(16-29-26)21-14-30-31-15-21/h3-9,12,14-16H,10-11,13,17H2,1-2H3,(H,28,29)(H,30,31)(H,32,34). The molecule has 3 heterocycles. The summed E-state index contributed by atoms with van der Waals surface area (Å²) < 4.78 is 5.91. The van der Waals surface area contributed by atoms with Gasteiger partial charge in [-0.15, -0.1) is 0 Å². The molecule has 0 spiro atoms. The van der Waals surface area contributed by atoms with E-state index in [1.165, 1.54) is 5.56 Å². The number of H-pyrrole nitrogens is 1. The Morgan fingerprint density at radius 2 is 1.97 bits per heavy atom. The van der Waals surface area contributed by atoms with Gasteiger partial charge in [0.1, 0.15) is 11.6 Å². The Labute approximate surface area is 204 Å². The molecular weight excluding hydrogens is 440 g/mol. The van der Waals surface area contributed by atoms with Crippen LogP contribution in [0.25, 0.3) is 11.1 Å². The summed E-state index contributed by atoms with van der Waals surface area (Å²) in [4.78, 5) is 19.5. The predicted octanol–water partition coefficient (Wildman–Crippen LogP) is 4.33. The third-order valence-corrected chi connectivity index (χ3v) is 5.89. The van der Waals surface area contributed by atoms with Gasteiger partial charge in [-0.1, -0.05) is 24.3 Å². The number of ether oxygens (including phenoxy) is 1. The molecule has 4 aromatic rings. The van der Waals surface area contributed by atoms with Crippen LogP contribution >= 0.6 is 0 Å². The SMILES string of the molecule is CN(C)Cc1ccc(C(=O)Nc2cccc(CNc3ncc(-c4cn[nH]c4)c4c3CCO4)c2)cc1. The zero-order chi connectivity index (χ0) is 24.2. The van der Waals surface area contributed by atoms with E-state index < -0.39 is 0 Å². The van der Waals surface area contributed by atoms with Crippen LogP contribution in [0, 0.1) is 0 Å². The molecule has 0 atom stereocenters. The van der Waals surface area contributed by atoms with Crippen molar-refractivity contribution < 1.29 is 9.53 Å². The lowest BCUT2D eigenvalue weighted by molar-refractivity contribution is 0.102. The fourth-order valence-electron chi connectivity index (χ4n) is 4.22. The van der Waals surface area contributed by atoms with E-state index in [1.807, 2.05) is 75.0 Å². The maximum atomic E-state index is 12.7. The molecule has 8 nitrogen and oxygen atoms in total. The zero-order valence-corrected chi connectivity index (χ0v) is 19.8. The molecule has 1 aliphatic heterocycles. The number of rotatable bonds is 8. The summed E-state index contributed by atoms with van der Waals surface area (Å²) in [5, 5.41) is 13.3. The number of carbonyl (C=O) groups excluding carboxylic acids is 1. The molecule has 178 valence electrons. The first-order valence-corrected chi connectivity index (χ1v) is 11.6. The Kier molecular flexibility index (Phi) is 6.45. The molecule has 8 heteroatoms. The number of aromatic amines is 1. The van der Waals surface area contributed by atoms with E-state index in [-0.39, 0.29) is 5.91 Å². The Morgan fingerprint density at radius 3 is 2.74 bits per heavy atom. The number of pyridine rings is 1. The van der Waals surface area contributed by atoms with E-state index in [0.717, 1.165) is 52.5 Å². The number of benzene rings is 2. The molecular formula is C27H28N6O2. The highest BCUT2D eigenvalue weighted by atomic mass is 16.5. The van der Waals surface area contributed by atoms with Crippen molar-refractivity contribution in [3.8, 4) is 16.9 Å². The van der Waals surface area contributed by atoms with Gasteiger partial charge in [0, 0.05) is 59.8 Å². The van der Waals surface area contributed by atoms with Gasteiger partial charge in [-0.2, -0.15) is 5.10 Å². The van der Waals surface area contributed by atoms with E-state index in [2.05, 4.69) is 30.7 Å². The highest BCUT2D eigenvalue weighted by molar-refractivity contribution is 6.04. The lowest BCUT2D eigenvalue weighted by Crippen LogP contribution is -2.13. The number of nitrogens with zero attached hydrogens (tertiary/aromatic N) is 3. The Bertz CT molecular complexity index is 1320. The van der Waals surface area contributed by atoms with Crippen LogP contribution in [0.15, 0.2) is 67.1 Å². The van der Waals surface area contributed by atoms with Gasteiger partial charge in [-0.3, -0.25) is 9.89 Å². The molecule has 35 heavy (non-hydrogen) atoms. The zero-order valence-electron chi connectivity index (χ0n) is 19.8. The van der Waals surface area contributed by atoms with Crippen LogP contribution in [0.4, 0.5) is 11.5 Å². The molecule has 0 saturated carbocycles. The topological polar surface area (TPSA) is 95.2 Å². The molecule has 0 fully saturated rings. The van der Waals surface area contributed by atoms with Crippen LogP contribution in [-0.2, 0) is 19.5 Å². The van der Waals surface area contributed by atoms with Crippen LogP contribution in [0.3, 0.4) is 0 Å². The fraction of sp³-hybridized carbons (Fsp3) is 0.222. The number of aromatic nitrogens is 3. The molecule has 0 aliphatic carbocycles. The molecule has 5 rings (SSSR count). The maximum Gasteiger partial charge on any atom is 0.255 e. The van der Waals surface area contributed by atoms with Gasteiger partial charge in [-0.05, 0) is 49.5 Å². The first-order valence-electron chi connectivity index (χ1n) is 11.6. The third-order valence-electron chi connectivity index (χ3n) is 5.89. The monoisotopic (exact) mass is 468 g/mol. The largest absolute Gasteiger partial charge is 0.492 e. The molecule has 3 N–H and O–H groups in total. The normalized spacial score (nSPS) is 12.3. The highest BCUT2D eigenvalue weighted by Crippen LogP contribution is 2.39. The van der Waals surface area contributed by atoms with Gasteiger partial charge in [0.2, 0.25) is 0 Å². The van der Waals surface area contributed by atoms with E-state index in [9.17, 15) is 4.79 Å². The van der Waals surface area contributed by atoms with E-state index in [1.54, 1.807) is 6.20 Å². The molecule has 1 aliphatic rings. The lowest BCUT2D eigenvalue weighted by Gasteiger charge is -2.13. The van der Waals surface area contributed by atoms with E-state index >= 15 is 0 Å². The molecule has 2 aromatic carbocycles. The van der Waals surface area contributed by atoms with Crippen LogP contribution in [-0.4, -0.2) is 46.7 Å². The minimum Gasteiger partial charge on any atom is -0.492 e. The number of hydrogen-bond acceptors (Lipinski definition) is 6. The second-order valence-corrected chi connectivity index (χ2v) is 8.86. The summed E-state index contributed by atoms with van der Waals surface area (Å²) in [6.07, 6.45) is 6.23. The van der Waals surface area contributed by atoms with Gasteiger partial charge in [0.15, 0.2) is 0 Å². The van der Waals surface area contributed by atoms with Crippen LogP contribution in [0.1, 0.15) is 27.0 Å². The Balaban J connectivity index is 1.25. The van der Waals surface area contributed by atoms with Crippen molar-refractivity contribution >= 4 is 17.4 Å². The second kappa shape index (κ2) is 9.99. The Morgan fingerprint density at radius 1 is 1.11 bits per heavy atom. The fourth-order valence-corrected chi connectivity index (χ4v) is 4.22. The summed E-state index contributed by atoms with van der Waals surface area (Å²) in [5.41, 5.74) is 6.57. The van der Waals surface area contributed by atoms with Crippen molar-refractivity contribution in [1.82, 2.24) is 20.1 Å². The van der Waals surface area contributed by atoms with Crippen molar-refractivity contribution in [2.45, 2.75) is 19.5 Å². The van der Waals surface area contributed by atoms with Gasteiger partial charge < -0.3 is 20.3 Å². The summed E-state index contributed by atoms with van der Waals surface area (Å²) in [5.74, 6) is 1.55. The summed E-state index contributed by atoms with van der Waals surface area (Å²) in [6.45, 7) is 2.05. The van der Waals surface area contributed by atoms with Gasteiger partial charge in [0.25, 0.3) is 5.91 Å². The minimum absolute atomic E-state index is 0.127. The predicted molar refractivity (Wildman–Crippen MR) is 137 cm³/mol.